The van der Waals surface area contributed by atoms with Gasteiger partial charge in [-0.1, -0.05) is 19.1 Å². The highest BCUT2D eigenvalue weighted by atomic mass is 32.1. The quantitative estimate of drug-likeness (QED) is 0.916. The van der Waals surface area contributed by atoms with Gasteiger partial charge in [0.25, 0.3) is 0 Å². The Kier molecular flexibility index (Phi) is 4.03. The smallest absolute Gasteiger partial charge is 0.107 e. The first-order valence-corrected chi connectivity index (χ1v) is 8.05. The number of hydrogen-bond acceptors (Lipinski definition) is 4. The first kappa shape index (κ1) is 13.6. The van der Waals surface area contributed by atoms with Gasteiger partial charge in [0.05, 0.1) is 0 Å². The number of aryl methyl sites for hydroxylation is 1. The topological polar surface area (TPSA) is 28.2 Å². The molecule has 2 aromatic rings. The number of nitrogens with one attached hydrogen (secondary N) is 1. The lowest BCUT2D eigenvalue weighted by atomic mass is 10.1. The van der Waals surface area contributed by atoms with Crippen LogP contribution in [0.15, 0.2) is 24.4 Å². The molecule has 1 aromatic carbocycles. The largest absolute Gasteiger partial charge is 0.374 e. The van der Waals surface area contributed by atoms with E-state index in [0.29, 0.717) is 0 Å². The van der Waals surface area contributed by atoms with E-state index in [0.717, 1.165) is 26.1 Å². The van der Waals surface area contributed by atoms with Gasteiger partial charge in [0, 0.05) is 43.4 Å². The first-order valence-electron chi connectivity index (χ1n) is 7.23. The fraction of sp³-hybridized carbons (Fsp3) is 0.438. The fourth-order valence-electron chi connectivity index (χ4n) is 2.64. The van der Waals surface area contributed by atoms with Crippen molar-refractivity contribution >= 4 is 17.0 Å². The summed E-state index contributed by atoms with van der Waals surface area (Å²) in [5.74, 6) is 0. The average Bonchev–Trinajstić information content (AvgIpc) is 3.06. The molecule has 0 unspecified atom stereocenters. The van der Waals surface area contributed by atoms with Crippen LogP contribution in [-0.2, 0) is 25.9 Å². The number of fused-ring (bicyclic) bond motifs is 1. The van der Waals surface area contributed by atoms with Gasteiger partial charge in [0.1, 0.15) is 5.01 Å². The number of rotatable bonds is 5. The SMILES string of the molecule is CCc1cnc(CNCc2ccc3c(c2)CCN3C)s1. The van der Waals surface area contributed by atoms with Crippen LogP contribution in [0.4, 0.5) is 5.69 Å². The van der Waals surface area contributed by atoms with Crippen molar-refractivity contribution in [1.29, 1.82) is 0 Å². The molecule has 0 spiro atoms. The second-order valence-electron chi connectivity index (χ2n) is 5.31. The number of hydrogen-bond donors (Lipinski definition) is 1. The third-order valence-electron chi connectivity index (χ3n) is 3.83. The third-order valence-corrected chi connectivity index (χ3v) is 4.97. The zero-order valence-corrected chi connectivity index (χ0v) is 13.0. The van der Waals surface area contributed by atoms with E-state index < -0.39 is 0 Å². The van der Waals surface area contributed by atoms with Gasteiger partial charge < -0.3 is 10.2 Å². The molecule has 0 atom stereocenters. The van der Waals surface area contributed by atoms with E-state index in [4.69, 9.17) is 0 Å². The summed E-state index contributed by atoms with van der Waals surface area (Å²) in [6.45, 7) is 5.09. The molecule has 0 aliphatic carbocycles. The second-order valence-corrected chi connectivity index (χ2v) is 6.51. The summed E-state index contributed by atoms with van der Waals surface area (Å²) in [6, 6.07) is 6.82. The number of benzene rings is 1. The number of nitrogens with zero attached hydrogens (tertiary/aromatic N) is 2. The van der Waals surface area contributed by atoms with Crippen molar-refractivity contribution in [2.75, 3.05) is 18.5 Å². The minimum absolute atomic E-state index is 0.863. The Morgan fingerprint density at radius 1 is 1.35 bits per heavy atom. The summed E-state index contributed by atoms with van der Waals surface area (Å²) >= 11 is 1.81. The lowest BCUT2D eigenvalue weighted by Crippen LogP contribution is -2.13. The highest BCUT2D eigenvalue weighted by molar-refractivity contribution is 7.11. The van der Waals surface area contributed by atoms with E-state index in [1.807, 2.05) is 17.5 Å². The molecule has 0 radical (unpaired) electrons. The molecule has 0 bridgehead atoms. The summed E-state index contributed by atoms with van der Waals surface area (Å²) in [7, 11) is 2.16. The molecule has 3 rings (SSSR count). The summed E-state index contributed by atoms with van der Waals surface area (Å²) in [6.07, 6.45) is 4.24. The van der Waals surface area contributed by atoms with Crippen LogP contribution in [0.5, 0.6) is 0 Å². The van der Waals surface area contributed by atoms with Crippen molar-refractivity contribution in [2.24, 2.45) is 0 Å². The predicted molar refractivity (Wildman–Crippen MR) is 85.5 cm³/mol. The van der Waals surface area contributed by atoms with Gasteiger partial charge in [0.15, 0.2) is 0 Å². The van der Waals surface area contributed by atoms with Crippen LogP contribution in [0.3, 0.4) is 0 Å². The summed E-state index contributed by atoms with van der Waals surface area (Å²) in [5, 5.41) is 4.68. The molecule has 0 amide bonds. The Balaban J connectivity index is 1.56. The summed E-state index contributed by atoms with van der Waals surface area (Å²) in [5.41, 5.74) is 4.24. The lowest BCUT2D eigenvalue weighted by Gasteiger charge is -2.12. The molecule has 20 heavy (non-hydrogen) atoms. The van der Waals surface area contributed by atoms with Crippen molar-refractivity contribution < 1.29 is 0 Å². The van der Waals surface area contributed by atoms with Crippen molar-refractivity contribution in [3.63, 3.8) is 0 Å². The van der Waals surface area contributed by atoms with Gasteiger partial charge in [-0.2, -0.15) is 0 Å². The molecule has 0 saturated carbocycles. The van der Waals surface area contributed by atoms with Gasteiger partial charge in [-0.25, -0.2) is 4.98 Å². The maximum absolute atomic E-state index is 4.44. The van der Waals surface area contributed by atoms with Crippen molar-refractivity contribution in [1.82, 2.24) is 10.3 Å². The van der Waals surface area contributed by atoms with Gasteiger partial charge in [-0.05, 0) is 30.0 Å². The van der Waals surface area contributed by atoms with E-state index >= 15 is 0 Å². The van der Waals surface area contributed by atoms with Crippen LogP contribution < -0.4 is 10.2 Å². The van der Waals surface area contributed by atoms with Crippen LogP contribution in [0.1, 0.15) is 27.9 Å². The molecule has 2 heterocycles. The second kappa shape index (κ2) is 5.94. The maximum Gasteiger partial charge on any atom is 0.107 e. The number of aromatic nitrogens is 1. The van der Waals surface area contributed by atoms with Crippen LogP contribution in [0, 0.1) is 0 Å². The molecule has 1 aliphatic rings. The van der Waals surface area contributed by atoms with E-state index in [1.165, 1.54) is 33.1 Å². The molecule has 3 nitrogen and oxygen atoms in total. The lowest BCUT2D eigenvalue weighted by molar-refractivity contribution is 0.689. The first-order chi connectivity index (χ1) is 9.76. The highest BCUT2D eigenvalue weighted by Crippen LogP contribution is 2.27. The van der Waals surface area contributed by atoms with E-state index in [-0.39, 0.29) is 0 Å². The minimum atomic E-state index is 0.863. The number of anilines is 1. The van der Waals surface area contributed by atoms with E-state index in [9.17, 15) is 0 Å². The Morgan fingerprint density at radius 3 is 3.05 bits per heavy atom. The molecule has 0 saturated heterocycles. The summed E-state index contributed by atoms with van der Waals surface area (Å²) < 4.78 is 0. The Bertz CT molecular complexity index is 591. The molecule has 1 N–H and O–H groups in total. The normalized spacial score (nSPS) is 13.8. The highest BCUT2D eigenvalue weighted by Gasteiger charge is 2.15. The Morgan fingerprint density at radius 2 is 2.25 bits per heavy atom. The summed E-state index contributed by atoms with van der Waals surface area (Å²) in [4.78, 5) is 8.13. The molecule has 4 heteroatoms. The van der Waals surface area contributed by atoms with Crippen LogP contribution >= 0.6 is 11.3 Å². The van der Waals surface area contributed by atoms with E-state index in [2.05, 4.69) is 47.4 Å². The van der Waals surface area contributed by atoms with Crippen LogP contribution in [0.25, 0.3) is 0 Å². The fourth-order valence-corrected chi connectivity index (χ4v) is 3.47. The van der Waals surface area contributed by atoms with Gasteiger partial charge in [-0.15, -0.1) is 11.3 Å². The van der Waals surface area contributed by atoms with E-state index in [1.54, 1.807) is 0 Å². The van der Waals surface area contributed by atoms with Crippen molar-refractivity contribution in [3.8, 4) is 0 Å². The Hall–Kier alpha value is -1.39. The average molecular weight is 287 g/mol. The van der Waals surface area contributed by atoms with Crippen LogP contribution in [0.2, 0.25) is 0 Å². The van der Waals surface area contributed by atoms with Crippen LogP contribution in [-0.4, -0.2) is 18.6 Å². The zero-order chi connectivity index (χ0) is 13.9. The van der Waals surface area contributed by atoms with Gasteiger partial charge >= 0.3 is 0 Å². The molecule has 1 aromatic heterocycles. The van der Waals surface area contributed by atoms with Gasteiger partial charge in [-0.3, -0.25) is 0 Å². The van der Waals surface area contributed by atoms with Gasteiger partial charge in [0.2, 0.25) is 0 Å². The number of likely N-dealkylation sites (N-methyl/N-ethyl adjacent to an activating group) is 1. The minimum Gasteiger partial charge on any atom is -0.374 e. The van der Waals surface area contributed by atoms with Crippen molar-refractivity contribution in [2.45, 2.75) is 32.9 Å². The number of thiazole rings is 1. The molecular weight excluding hydrogens is 266 g/mol. The van der Waals surface area contributed by atoms with Crippen molar-refractivity contribution in [3.05, 3.63) is 45.4 Å². The zero-order valence-electron chi connectivity index (χ0n) is 12.1. The Labute approximate surface area is 124 Å². The molecule has 1 aliphatic heterocycles. The third kappa shape index (κ3) is 2.86. The monoisotopic (exact) mass is 287 g/mol. The predicted octanol–water partition coefficient (Wildman–Crippen LogP) is 2.99. The molecular formula is C16H21N3S. The standard InChI is InChI=1S/C16H21N3S/c1-3-14-10-18-16(20-14)11-17-9-12-4-5-15-13(8-12)6-7-19(15)2/h4-5,8,10,17H,3,6-7,9,11H2,1-2H3. The molecule has 0 fully saturated rings. The maximum atomic E-state index is 4.44. The molecule has 106 valence electrons.